The maximum atomic E-state index is 13.2. The lowest BCUT2D eigenvalue weighted by molar-refractivity contribution is 0.0526. The van der Waals surface area contributed by atoms with Crippen molar-refractivity contribution in [2.45, 2.75) is 20.3 Å². The van der Waals surface area contributed by atoms with E-state index in [2.05, 4.69) is 10.4 Å². The lowest BCUT2D eigenvalue weighted by Gasteiger charge is -2.07. The number of hydrogen-bond donors (Lipinski definition) is 1. The zero-order valence-corrected chi connectivity index (χ0v) is 16.7. The molecule has 0 aliphatic heterocycles. The van der Waals surface area contributed by atoms with Crippen molar-refractivity contribution in [3.8, 4) is 11.4 Å². The molecule has 0 atom stereocenters. The number of amides is 1. The second-order valence-electron chi connectivity index (χ2n) is 6.36. The van der Waals surface area contributed by atoms with Gasteiger partial charge < -0.3 is 14.8 Å². The Labute approximate surface area is 173 Å². The molecule has 7 nitrogen and oxygen atoms in total. The molecule has 0 spiro atoms. The van der Waals surface area contributed by atoms with Crippen molar-refractivity contribution in [1.29, 1.82) is 0 Å². The molecule has 8 heteroatoms. The molecule has 1 amide bonds. The van der Waals surface area contributed by atoms with Crippen molar-refractivity contribution in [2.75, 3.05) is 18.5 Å². The second kappa shape index (κ2) is 9.69. The molecule has 3 aromatic rings. The van der Waals surface area contributed by atoms with E-state index < -0.39 is 11.9 Å². The normalized spacial score (nSPS) is 10.5. The average Bonchev–Trinajstić information content (AvgIpc) is 3.18. The van der Waals surface area contributed by atoms with Crippen molar-refractivity contribution >= 4 is 17.6 Å². The Kier molecular flexibility index (Phi) is 6.79. The predicted molar refractivity (Wildman–Crippen MR) is 110 cm³/mol. The maximum Gasteiger partial charge on any atom is 0.338 e. The molecular weight excluding hydrogens is 389 g/mol. The number of carbonyl (C=O) groups is 2. The highest BCUT2D eigenvalue weighted by Gasteiger charge is 2.19. The van der Waals surface area contributed by atoms with Crippen LogP contribution in [0.25, 0.3) is 5.69 Å². The van der Waals surface area contributed by atoms with E-state index in [-0.39, 0.29) is 18.1 Å². The summed E-state index contributed by atoms with van der Waals surface area (Å²) < 4.78 is 25.3. The Hall–Kier alpha value is -3.68. The van der Waals surface area contributed by atoms with Crippen molar-refractivity contribution in [1.82, 2.24) is 9.78 Å². The summed E-state index contributed by atoms with van der Waals surface area (Å²) in [4.78, 5) is 24.5. The van der Waals surface area contributed by atoms with Gasteiger partial charge in [0.25, 0.3) is 5.91 Å². The second-order valence-corrected chi connectivity index (χ2v) is 6.36. The third-order valence-electron chi connectivity index (χ3n) is 4.10. The Morgan fingerprint density at radius 3 is 2.40 bits per heavy atom. The van der Waals surface area contributed by atoms with Gasteiger partial charge in [0.1, 0.15) is 5.82 Å². The number of halogens is 1. The van der Waals surface area contributed by atoms with Crippen LogP contribution in [0.15, 0.2) is 54.7 Å². The molecule has 3 rings (SSSR count). The first-order chi connectivity index (χ1) is 14.5. The zero-order valence-electron chi connectivity index (χ0n) is 16.7. The Bertz CT molecular complexity index is 1010. The molecule has 0 aliphatic rings. The van der Waals surface area contributed by atoms with E-state index in [9.17, 15) is 14.0 Å². The van der Waals surface area contributed by atoms with Crippen LogP contribution in [-0.4, -0.2) is 34.9 Å². The number of nitrogens with zero attached hydrogens (tertiary/aromatic N) is 2. The zero-order chi connectivity index (χ0) is 21.5. The van der Waals surface area contributed by atoms with Gasteiger partial charge in [-0.15, -0.1) is 0 Å². The molecule has 1 aromatic heterocycles. The van der Waals surface area contributed by atoms with Crippen LogP contribution in [-0.2, 0) is 4.74 Å². The van der Waals surface area contributed by atoms with Crippen LogP contribution < -0.4 is 10.1 Å². The first-order valence-electron chi connectivity index (χ1n) is 9.58. The summed E-state index contributed by atoms with van der Waals surface area (Å²) in [6.07, 6.45) is 2.35. The molecule has 1 heterocycles. The number of carbonyl (C=O) groups excluding carboxylic acids is 2. The van der Waals surface area contributed by atoms with E-state index in [1.807, 2.05) is 6.92 Å². The van der Waals surface area contributed by atoms with Gasteiger partial charge in [0.2, 0.25) is 0 Å². The minimum atomic E-state index is -0.467. The largest absolute Gasteiger partial charge is 0.489 e. The summed E-state index contributed by atoms with van der Waals surface area (Å²) in [5.74, 6) is -0.936. The topological polar surface area (TPSA) is 82.5 Å². The maximum absolute atomic E-state index is 13.2. The number of ether oxygens (including phenoxy) is 2. The fourth-order valence-electron chi connectivity index (χ4n) is 2.65. The summed E-state index contributed by atoms with van der Waals surface area (Å²) in [6, 6.07) is 12.1. The molecule has 0 saturated carbocycles. The fraction of sp³-hybridized carbons (Fsp3) is 0.227. The number of rotatable bonds is 8. The average molecular weight is 411 g/mol. The first-order valence-corrected chi connectivity index (χ1v) is 9.58. The van der Waals surface area contributed by atoms with Crippen molar-refractivity contribution in [3.63, 3.8) is 0 Å². The number of benzene rings is 2. The number of esters is 1. The highest BCUT2D eigenvalue weighted by Crippen LogP contribution is 2.22. The predicted octanol–water partition coefficient (Wildman–Crippen LogP) is 4.23. The van der Waals surface area contributed by atoms with Gasteiger partial charge in [0.05, 0.1) is 30.7 Å². The van der Waals surface area contributed by atoms with Crippen molar-refractivity contribution in [3.05, 3.63) is 71.8 Å². The Balaban J connectivity index is 1.81. The molecule has 0 bridgehead atoms. The Morgan fingerprint density at radius 2 is 1.77 bits per heavy atom. The molecule has 0 radical (unpaired) electrons. The summed E-state index contributed by atoms with van der Waals surface area (Å²) in [5, 5.41) is 7.05. The van der Waals surface area contributed by atoms with Gasteiger partial charge in [-0.25, -0.2) is 13.9 Å². The SMILES string of the molecule is CCCOc1cn(-c2ccc(F)cc2)nc1C(=O)Nc1ccc(C(=O)OCC)cc1. The van der Waals surface area contributed by atoms with Crippen LogP contribution in [0, 0.1) is 5.82 Å². The molecule has 0 saturated heterocycles. The molecule has 1 N–H and O–H groups in total. The van der Waals surface area contributed by atoms with Gasteiger partial charge in [0, 0.05) is 5.69 Å². The summed E-state index contributed by atoms with van der Waals surface area (Å²) in [6.45, 7) is 4.39. The van der Waals surface area contributed by atoms with Gasteiger partial charge in [-0.1, -0.05) is 6.92 Å². The standard InChI is InChI=1S/C22H22FN3O4/c1-3-13-30-19-14-26(18-11-7-16(23)8-12-18)25-20(19)21(27)24-17-9-5-15(6-10-17)22(28)29-4-2/h5-12,14H,3-4,13H2,1-2H3,(H,24,27). The van der Waals surface area contributed by atoms with Crippen LogP contribution >= 0.6 is 0 Å². The first kappa shape index (κ1) is 21.0. The van der Waals surface area contributed by atoms with E-state index in [1.54, 1.807) is 49.5 Å². The smallest absolute Gasteiger partial charge is 0.338 e. The van der Waals surface area contributed by atoms with Gasteiger partial charge in [-0.2, -0.15) is 5.10 Å². The fourth-order valence-corrected chi connectivity index (χ4v) is 2.65. The van der Waals surface area contributed by atoms with E-state index >= 15 is 0 Å². The highest BCUT2D eigenvalue weighted by atomic mass is 19.1. The van der Waals surface area contributed by atoms with E-state index in [0.717, 1.165) is 6.42 Å². The van der Waals surface area contributed by atoms with Crippen LogP contribution in [0.3, 0.4) is 0 Å². The highest BCUT2D eigenvalue weighted by molar-refractivity contribution is 6.05. The van der Waals surface area contributed by atoms with Gasteiger partial charge in [-0.05, 0) is 61.9 Å². The molecule has 156 valence electrons. The van der Waals surface area contributed by atoms with E-state index in [4.69, 9.17) is 9.47 Å². The third-order valence-corrected chi connectivity index (χ3v) is 4.10. The lowest BCUT2D eigenvalue weighted by atomic mass is 10.2. The van der Waals surface area contributed by atoms with Gasteiger partial charge in [-0.3, -0.25) is 4.79 Å². The number of hydrogen-bond acceptors (Lipinski definition) is 5. The van der Waals surface area contributed by atoms with Crippen LogP contribution in [0.4, 0.5) is 10.1 Å². The monoisotopic (exact) mass is 411 g/mol. The Morgan fingerprint density at radius 1 is 1.07 bits per heavy atom. The number of nitrogens with one attached hydrogen (secondary N) is 1. The van der Waals surface area contributed by atoms with Crippen LogP contribution in [0.5, 0.6) is 5.75 Å². The van der Waals surface area contributed by atoms with Crippen molar-refractivity contribution < 1.29 is 23.5 Å². The summed E-state index contributed by atoms with van der Waals surface area (Å²) in [7, 11) is 0. The minimum absolute atomic E-state index is 0.0993. The number of aromatic nitrogens is 2. The van der Waals surface area contributed by atoms with E-state index in [1.165, 1.54) is 16.8 Å². The lowest BCUT2D eigenvalue weighted by Crippen LogP contribution is -2.15. The molecule has 0 fully saturated rings. The minimum Gasteiger partial charge on any atom is -0.489 e. The van der Waals surface area contributed by atoms with Crippen molar-refractivity contribution in [2.24, 2.45) is 0 Å². The molecule has 0 unspecified atom stereocenters. The molecule has 2 aromatic carbocycles. The molecule has 0 aliphatic carbocycles. The van der Waals surface area contributed by atoms with Gasteiger partial charge >= 0.3 is 5.97 Å². The van der Waals surface area contributed by atoms with Crippen LogP contribution in [0.2, 0.25) is 0 Å². The summed E-state index contributed by atoms with van der Waals surface area (Å²) >= 11 is 0. The third kappa shape index (κ3) is 5.02. The van der Waals surface area contributed by atoms with Crippen LogP contribution in [0.1, 0.15) is 41.1 Å². The van der Waals surface area contributed by atoms with E-state index in [0.29, 0.717) is 29.3 Å². The molecular formula is C22H22FN3O4. The number of anilines is 1. The molecule has 30 heavy (non-hydrogen) atoms. The summed E-state index contributed by atoms with van der Waals surface area (Å²) in [5.41, 5.74) is 1.58. The quantitative estimate of drug-likeness (QED) is 0.561. The van der Waals surface area contributed by atoms with Gasteiger partial charge in [0.15, 0.2) is 11.4 Å².